The topological polar surface area (TPSA) is 99.1 Å². The molecule has 2 fully saturated rings. The van der Waals surface area contributed by atoms with E-state index >= 15 is 0 Å². The number of morpholine rings is 1. The largest absolute Gasteiger partial charge is 0.473 e. The predicted molar refractivity (Wildman–Crippen MR) is 82.0 cm³/mol. The summed E-state index contributed by atoms with van der Waals surface area (Å²) in [5.74, 6) is -3.65. The number of rotatable bonds is 2. The molecular weight excluding hydrogens is 288 g/mol. The summed E-state index contributed by atoms with van der Waals surface area (Å²) in [6, 6.07) is 0.708. The van der Waals surface area contributed by atoms with E-state index in [0.717, 1.165) is 13.1 Å². The fourth-order valence-electron chi connectivity index (χ4n) is 3.00. The fraction of sp³-hybridized carbons (Fsp3) is 0.867. The van der Waals surface area contributed by atoms with E-state index in [4.69, 9.17) is 24.5 Å². The number of hydrogen-bond donors (Lipinski definition) is 3. The number of nitrogens with one attached hydrogen (secondary N) is 1. The molecule has 0 aliphatic carbocycles. The number of aliphatic carboxylic acids is 2. The predicted octanol–water partition coefficient (Wildman–Crippen LogP) is 0.783. The summed E-state index contributed by atoms with van der Waals surface area (Å²) in [7, 11) is 0. The van der Waals surface area contributed by atoms with Gasteiger partial charge in [0.25, 0.3) is 0 Å². The smallest absolute Gasteiger partial charge is 0.414 e. The first-order valence-electron chi connectivity index (χ1n) is 7.96. The van der Waals surface area contributed by atoms with Gasteiger partial charge in [0.15, 0.2) is 0 Å². The van der Waals surface area contributed by atoms with E-state index in [2.05, 4.69) is 24.1 Å². The number of hydrogen-bond acceptors (Lipinski definition) is 5. The van der Waals surface area contributed by atoms with Crippen molar-refractivity contribution >= 4 is 11.9 Å². The maximum absolute atomic E-state index is 9.10. The Morgan fingerprint density at radius 3 is 2.23 bits per heavy atom. The van der Waals surface area contributed by atoms with Crippen molar-refractivity contribution in [3.63, 3.8) is 0 Å². The fourth-order valence-corrected chi connectivity index (χ4v) is 3.00. The molecule has 1 unspecified atom stereocenters. The first-order valence-corrected chi connectivity index (χ1v) is 7.96. The Balaban J connectivity index is 0.000000346. The third-order valence-electron chi connectivity index (χ3n) is 3.82. The minimum atomic E-state index is -1.82. The zero-order valence-corrected chi connectivity index (χ0v) is 13.5. The minimum absolute atomic E-state index is 0.398. The second kappa shape index (κ2) is 9.76. The molecule has 2 rings (SSSR count). The summed E-state index contributed by atoms with van der Waals surface area (Å²) in [6.07, 6.45) is 6.29. The molecule has 0 aromatic heterocycles. The van der Waals surface area contributed by atoms with Crippen molar-refractivity contribution in [1.29, 1.82) is 0 Å². The van der Waals surface area contributed by atoms with Gasteiger partial charge < -0.3 is 20.3 Å². The summed E-state index contributed by atoms with van der Waals surface area (Å²) in [6.45, 7) is 8.98. The highest BCUT2D eigenvalue weighted by Crippen LogP contribution is 2.14. The molecule has 0 aromatic rings. The average Bonchev–Trinajstić information content (AvgIpc) is 2.66. The summed E-state index contributed by atoms with van der Waals surface area (Å²) in [4.78, 5) is 20.8. The van der Waals surface area contributed by atoms with Gasteiger partial charge in [-0.2, -0.15) is 0 Å². The first-order chi connectivity index (χ1) is 10.4. The molecule has 0 spiro atoms. The van der Waals surface area contributed by atoms with E-state index in [1.165, 1.54) is 38.8 Å². The molecular formula is C15H28N2O5. The Kier molecular flexibility index (Phi) is 8.37. The summed E-state index contributed by atoms with van der Waals surface area (Å²) in [5.41, 5.74) is 0. The van der Waals surface area contributed by atoms with Gasteiger partial charge in [-0.25, -0.2) is 9.59 Å². The van der Waals surface area contributed by atoms with Crippen molar-refractivity contribution < 1.29 is 24.5 Å². The highest BCUT2D eigenvalue weighted by molar-refractivity contribution is 6.27. The van der Waals surface area contributed by atoms with Crippen LogP contribution < -0.4 is 5.32 Å². The second-order valence-corrected chi connectivity index (χ2v) is 6.09. The SMILES string of the molecule is C[C@@H]1CN(CC2CCCCCN2)C[C@H](C)O1.O=C(O)C(=O)O. The van der Waals surface area contributed by atoms with Gasteiger partial charge in [0.1, 0.15) is 0 Å². The quantitative estimate of drug-likeness (QED) is 0.648. The lowest BCUT2D eigenvalue weighted by atomic mass is 10.1. The Morgan fingerprint density at radius 2 is 1.68 bits per heavy atom. The Bertz CT molecular complexity index is 334. The average molecular weight is 316 g/mol. The van der Waals surface area contributed by atoms with Crippen LogP contribution >= 0.6 is 0 Å². The van der Waals surface area contributed by atoms with E-state index in [-0.39, 0.29) is 0 Å². The normalized spacial score (nSPS) is 29.8. The van der Waals surface area contributed by atoms with Crippen molar-refractivity contribution in [1.82, 2.24) is 10.2 Å². The van der Waals surface area contributed by atoms with Gasteiger partial charge in [-0.05, 0) is 33.2 Å². The molecule has 0 saturated carbocycles. The molecule has 3 N–H and O–H groups in total. The molecule has 0 radical (unpaired) electrons. The van der Waals surface area contributed by atoms with Crippen molar-refractivity contribution in [2.24, 2.45) is 0 Å². The van der Waals surface area contributed by atoms with Crippen LogP contribution in [0.1, 0.15) is 39.5 Å². The van der Waals surface area contributed by atoms with Crippen molar-refractivity contribution in [3.05, 3.63) is 0 Å². The number of ether oxygens (including phenoxy) is 1. The molecule has 22 heavy (non-hydrogen) atoms. The molecule has 2 saturated heterocycles. The Hall–Kier alpha value is -1.18. The summed E-state index contributed by atoms with van der Waals surface area (Å²) < 4.78 is 5.77. The van der Waals surface area contributed by atoms with Crippen LogP contribution in [0.5, 0.6) is 0 Å². The van der Waals surface area contributed by atoms with Gasteiger partial charge in [-0.1, -0.05) is 12.8 Å². The van der Waals surface area contributed by atoms with Crippen molar-refractivity contribution in [2.75, 3.05) is 26.2 Å². The standard InChI is InChI=1S/C13H26N2O.C2H2O4/c1-11-8-15(9-12(2)16-11)10-13-6-4-3-5-7-14-13;3-1(4)2(5)6/h11-14H,3-10H2,1-2H3;(H,3,4)(H,5,6)/t11-,12+,13?;. The van der Waals surface area contributed by atoms with Crippen LogP contribution in [0.3, 0.4) is 0 Å². The molecule has 0 aromatic carbocycles. The van der Waals surface area contributed by atoms with E-state index in [1.807, 2.05) is 0 Å². The lowest BCUT2D eigenvalue weighted by Crippen LogP contribution is -2.50. The molecule has 3 atom stereocenters. The maximum atomic E-state index is 9.10. The van der Waals surface area contributed by atoms with E-state index < -0.39 is 11.9 Å². The van der Waals surface area contributed by atoms with Gasteiger partial charge >= 0.3 is 11.9 Å². The van der Waals surface area contributed by atoms with E-state index in [9.17, 15) is 0 Å². The van der Waals surface area contributed by atoms with Gasteiger partial charge in [0.2, 0.25) is 0 Å². The molecule has 2 aliphatic heterocycles. The summed E-state index contributed by atoms with van der Waals surface area (Å²) in [5, 5.41) is 18.5. The lowest BCUT2D eigenvalue weighted by Gasteiger charge is -2.37. The van der Waals surface area contributed by atoms with Crippen molar-refractivity contribution in [2.45, 2.75) is 57.8 Å². The molecule has 0 bridgehead atoms. The van der Waals surface area contributed by atoms with Crippen molar-refractivity contribution in [3.8, 4) is 0 Å². The van der Waals surface area contributed by atoms with Crippen LogP contribution in [0.4, 0.5) is 0 Å². The van der Waals surface area contributed by atoms with Gasteiger partial charge in [0.05, 0.1) is 12.2 Å². The van der Waals surface area contributed by atoms with Crippen LogP contribution in [-0.4, -0.2) is 71.5 Å². The lowest BCUT2D eigenvalue weighted by molar-refractivity contribution is -0.159. The minimum Gasteiger partial charge on any atom is -0.473 e. The van der Waals surface area contributed by atoms with Crippen LogP contribution in [0, 0.1) is 0 Å². The molecule has 7 nitrogen and oxygen atoms in total. The zero-order valence-electron chi connectivity index (χ0n) is 13.5. The third-order valence-corrected chi connectivity index (χ3v) is 3.82. The molecule has 0 amide bonds. The third kappa shape index (κ3) is 7.72. The number of nitrogens with zero attached hydrogens (tertiary/aromatic N) is 1. The van der Waals surface area contributed by atoms with Crippen LogP contribution in [-0.2, 0) is 14.3 Å². The highest BCUT2D eigenvalue weighted by atomic mass is 16.5. The Labute approximate surface area is 131 Å². The molecule has 7 heteroatoms. The molecule has 2 heterocycles. The number of carbonyl (C=O) groups is 2. The van der Waals surface area contributed by atoms with E-state index in [1.54, 1.807) is 0 Å². The van der Waals surface area contributed by atoms with Gasteiger partial charge in [-0.15, -0.1) is 0 Å². The van der Waals surface area contributed by atoms with Gasteiger partial charge in [0, 0.05) is 25.7 Å². The molecule has 128 valence electrons. The van der Waals surface area contributed by atoms with Gasteiger partial charge in [-0.3, -0.25) is 4.90 Å². The maximum Gasteiger partial charge on any atom is 0.414 e. The first kappa shape index (κ1) is 18.9. The second-order valence-electron chi connectivity index (χ2n) is 6.09. The highest BCUT2D eigenvalue weighted by Gasteiger charge is 2.24. The van der Waals surface area contributed by atoms with E-state index in [0.29, 0.717) is 18.2 Å². The Morgan fingerprint density at radius 1 is 1.09 bits per heavy atom. The monoisotopic (exact) mass is 316 g/mol. The molecule has 2 aliphatic rings. The number of carboxylic acid groups (broad SMARTS) is 2. The summed E-state index contributed by atoms with van der Waals surface area (Å²) >= 11 is 0. The van der Waals surface area contributed by atoms with Crippen LogP contribution in [0.15, 0.2) is 0 Å². The van der Waals surface area contributed by atoms with Crippen LogP contribution in [0.2, 0.25) is 0 Å². The zero-order chi connectivity index (χ0) is 16.5. The van der Waals surface area contributed by atoms with Crippen LogP contribution in [0.25, 0.3) is 0 Å². The number of carboxylic acids is 2.